The number of nitrogens with two attached hydrogens (primary N) is 1. The van der Waals surface area contributed by atoms with Crippen LogP contribution in [0.15, 0.2) is 54.6 Å². The van der Waals surface area contributed by atoms with Gasteiger partial charge in [-0.05, 0) is 23.3 Å². The van der Waals surface area contributed by atoms with Gasteiger partial charge in [-0.1, -0.05) is 42.5 Å². The number of hydrogen-bond acceptors (Lipinski definition) is 3. The minimum absolute atomic E-state index is 0.0563. The molecule has 5 nitrogen and oxygen atoms in total. The average molecular weight is 316 g/mol. The van der Waals surface area contributed by atoms with Gasteiger partial charge >= 0.3 is 0 Å². The summed E-state index contributed by atoms with van der Waals surface area (Å²) in [5.41, 5.74) is 2.82. The molecule has 2 aromatic rings. The van der Waals surface area contributed by atoms with Crippen molar-refractivity contribution >= 4 is 21.6 Å². The molecular weight excluding hydrogens is 300 g/mol. The molecule has 114 valence electrons. The van der Waals surface area contributed by atoms with Gasteiger partial charge < -0.3 is 4.90 Å². The van der Waals surface area contributed by atoms with Crippen LogP contribution in [0.25, 0.3) is 11.1 Å². The van der Waals surface area contributed by atoms with Gasteiger partial charge in [0.05, 0.1) is 0 Å². The first-order valence-electron chi connectivity index (χ1n) is 6.92. The van der Waals surface area contributed by atoms with Crippen LogP contribution < -0.4 is 10.0 Å². The first kappa shape index (κ1) is 14.7. The van der Waals surface area contributed by atoms with Gasteiger partial charge in [0.15, 0.2) is 0 Å². The third-order valence-corrected chi connectivity index (χ3v) is 5.09. The fourth-order valence-corrected chi connectivity index (χ4v) is 3.34. The predicted molar refractivity (Wildman–Crippen MR) is 85.7 cm³/mol. The van der Waals surface area contributed by atoms with E-state index in [4.69, 9.17) is 5.14 Å². The van der Waals surface area contributed by atoms with Gasteiger partial charge in [-0.2, -0.15) is 0 Å². The van der Waals surface area contributed by atoms with Gasteiger partial charge in [-0.3, -0.25) is 4.79 Å². The molecule has 6 heteroatoms. The van der Waals surface area contributed by atoms with Crippen LogP contribution in [0.3, 0.4) is 0 Å². The van der Waals surface area contributed by atoms with Crippen LogP contribution in [0.2, 0.25) is 0 Å². The lowest BCUT2D eigenvalue weighted by molar-refractivity contribution is -0.117. The smallest absolute Gasteiger partial charge is 0.228 e. The van der Waals surface area contributed by atoms with E-state index in [1.54, 1.807) is 0 Å². The molecule has 0 saturated carbocycles. The van der Waals surface area contributed by atoms with Crippen LogP contribution in [-0.2, 0) is 14.8 Å². The Morgan fingerprint density at radius 1 is 0.955 bits per heavy atom. The molecule has 0 aliphatic carbocycles. The molecule has 3 rings (SSSR count). The molecule has 1 saturated heterocycles. The van der Waals surface area contributed by atoms with Crippen molar-refractivity contribution in [3.05, 3.63) is 54.6 Å². The van der Waals surface area contributed by atoms with Crippen LogP contribution in [0.5, 0.6) is 0 Å². The van der Waals surface area contributed by atoms with E-state index in [1.807, 2.05) is 54.6 Å². The highest BCUT2D eigenvalue weighted by molar-refractivity contribution is 7.89. The Morgan fingerprint density at radius 2 is 1.55 bits per heavy atom. The number of carbonyl (C=O) groups excluding carboxylic acids is 1. The lowest BCUT2D eigenvalue weighted by Crippen LogP contribution is -2.32. The quantitative estimate of drug-likeness (QED) is 0.936. The zero-order valence-electron chi connectivity index (χ0n) is 11.8. The second-order valence-electron chi connectivity index (χ2n) is 5.33. The molecule has 0 radical (unpaired) electrons. The van der Waals surface area contributed by atoms with E-state index in [9.17, 15) is 13.2 Å². The highest BCUT2D eigenvalue weighted by atomic mass is 32.2. The molecule has 1 amide bonds. The molecule has 0 aromatic heterocycles. The van der Waals surface area contributed by atoms with Crippen molar-refractivity contribution in [2.75, 3.05) is 11.4 Å². The Balaban J connectivity index is 1.83. The van der Waals surface area contributed by atoms with Crippen molar-refractivity contribution in [2.24, 2.45) is 5.14 Å². The van der Waals surface area contributed by atoms with Gasteiger partial charge in [0.1, 0.15) is 5.25 Å². The molecule has 0 spiro atoms. The number of carbonyl (C=O) groups is 1. The molecular formula is C16H16N2O3S. The van der Waals surface area contributed by atoms with E-state index in [-0.39, 0.29) is 18.9 Å². The maximum atomic E-state index is 12.0. The predicted octanol–water partition coefficient (Wildman–Crippen LogP) is 1.75. The second-order valence-corrected chi connectivity index (χ2v) is 7.18. The van der Waals surface area contributed by atoms with Gasteiger partial charge in [0, 0.05) is 18.7 Å². The average Bonchev–Trinajstić information content (AvgIpc) is 2.90. The minimum Gasteiger partial charge on any atom is -0.311 e. The van der Waals surface area contributed by atoms with Crippen LogP contribution in [-0.4, -0.2) is 26.1 Å². The zero-order chi connectivity index (χ0) is 15.7. The summed E-state index contributed by atoms with van der Waals surface area (Å²) in [6.45, 7) is 0.113. The number of hydrogen-bond donors (Lipinski definition) is 1. The van der Waals surface area contributed by atoms with Crippen molar-refractivity contribution in [1.29, 1.82) is 0 Å². The van der Waals surface area contributed by atoms with Crippen LogP contribution in [0, 0.1) is 0 Å². The topological polar surface area (TPSA) is 80.5 Å². The number of amides is 1. The number of nitrogens with zero attached hydrogens (tertiary/aromatic N) is 1. The first-order chi connectivity index (χ1) is 10.4. The molecule has 1 fully saturated rings. The minimum atomic E-state index is -3.69. The normalized spacial score (nSPS) is 18.7. The van der Waals surface area contributed by atoms with E-state index in [2.05, 4.69) is 0 Å². The standard InChI is InChI=1S/C16H16N2O3S/c17-22(20,21)15-10-16(19)18(11-15)14-8-6-13(7-9-14)12-4-2-1-3-5-12/h1-9,15H,10-11H2,(H2,17,20,21). The summed E-state index contributed by atoms with van der Waals surface area (Å²) in [5.74, 6) is -0.216. The Morgan fingerprint density at radius 3 is 2.09 bits per heavy atom. The lowest BCUT2D eigenvalue weighted by atomic mass is 10.1. The van der Waals surface area contributed by atoms with Gasteiger partial charge in [-0.25, -0.2) is 13.6 Å². The number of sulfonamides is 1. The summed E-state index contributed by atoms with van der Waals surface area (Å²) in [5, 5.41) is 4.31. The van der Waals surface area contributed by atoms with E-state index < -0.39 is 15.3 Å². The van der Waals surface area contributed by atoms with Crippen molar-refractivity contribution in [1.82, 2.24) is 0 Å². The molecule has 22 heavy (non-hydrogen) atoms. The number of rotatable bonds is 3. The Labute approximate surface area is 129 Å². The van der Waals surface area contributed by atoms with E-state index >= 15 is 0 Å². The van der Waals surface area contributed by atoms with Gasteiger partial charge in [0.2, 0.25) is 15.9 Å². The lowest BCUT2D eigenvalue weighted by Gasteiger charge is -2.16. The van der Waals surface area contributed by atoms with E-state index in [0.29, 0.717) is 5.69 Å². The van der Waals surface area contributed by atoms with Crippen LogP contribution in [0.1, 0.15) is 6.42 Å². The molecule has 2 aromatic carbocycles. The Hall–Kier alpha value is -2.18. The van der Waals surface area contributed by atoms with Crippen LogP contribution in [0.4, 0.5) is 5.69 Å². The number of benzene rings is 2. The summed E-state index contributed by atoms with van der Waals surface area (Å²) in [6.07, 6.45) is -0.0563. The monoisotopic (exact) mass is 316 g/mol. The maximum absolute atomic E-state index is 12.0. The van der Waals surface area contributed by atoms with Crippen molar-refractivity contribution in [2.45, 2.75) is 11.7 Å². The van der Waals surface area contributed by atoms with Crippen molar-refractivity contribution in [3.8, 4) is 11.1 Å². The SMILES string of the molecule is NS(=O)(=O)C1CC(=O)N(c2ccc(-c3ccccc3)cc2)C1. The fourth-order valence-electron chi connectivity index (χ4n) is 2.61. The Kier molecular flexibility index (Phi) is 3.72. The van der Waals surface area contributed by atoms with Crippen molar-refractivity contribution < 1.29 is 13.2 Å². The molecule has 1 unspecified atom stereocenters. The summed E-state index contributed by atoms with van der Waals surface area (Å²) in [7, 11) is -3.69. The summed E-state index contributed by atoms with van der Waals surface area (Å²) >= 11 is 0. The summed E-state index contributed by atoms with van der Waals surface area (Å²) < 4.78 is 22.8. The Bertz CT molecular complexity index is 786. The fraction of sp³-hybridized carbons (Fsp3) is 0.188. The first-order valence-corrected chi connectivity index (χ1v) is 8.53. The summed E-state index contributed by atoms with van der Waals surface area (Å²) in [6, 6.07) is 17.4. The molecule has 1 atom stereocenters. The summed E-state index contributed by atoms with van der Waals surface area (Å²) in [4.78, 5) is 13.5. The third kappa shape index (κ3) is 2.88. The molecule has 1 aliphatic rings. The van der Waals surface area contributed by atoms with Crippen LogP contribution >= 0.6 is 0 Å². The highest BCUT2D eigenvalue weighted by Gasteiger charge is 2.37. The van der Waals surface area contributed by atoms with E-state index in [0.717, 1.165) is 11.1 Å². The molecule has 1 aliphatic heterocycles. The largest absolute Gasteiger partial charge is 0.311 e. The van der Waals surface area contributed by atoms with E-state index in [1.165, 1.54) is 4.90 Å². The van der Waals surface area contributed by atoms with Crippen molar-refractivity contribution in [3.63, 3.8) is 0 Å². The highest BCUT2D eigenvalue weighted by Crippen LogP contribution is 2.27. The van der Waals surface area contributed by atoms with Gasteiger partial charge in [0.25, 0.3) is 0 Å². The molecule has 2 N–H and O–H groups in total. The maximum Gasteiger partial charge on any atom is 0.228 e. The molecule has 0 bridgehead atoms. The second kappa shape index (κ2) is 5.55. The van der Waals surface area contributed by atoms with Gasteiger partial charge in [-0.15, -0.1) is 0 Å². The third-order valence-electron chi connectivity index (χ3n) is 3.84. The molecule has 1 heterocycles. The zero-order valence-corrected chi connectivity index (χ0v) is 12.7. The number of primary sulfonamides is 1. The number of anilines is 1.